The van der Waals surface area contributed by atoms with E-state index in [0.29, 0.717) is 11.3 Å². The second-order valence-electron chi connectivity index (χ2n) is 6.07. The summed E-state index contributed by atoms with van der Waals surface area (Å²) < 4.78 is 43.4. The fourth-order valence-electron chi connectivity index (χ4n) is 2.74. The molecule has 1 N–H and O–H groups in total. The van der Waals surface area contributed by atoms with Crippen LogP contribution in [0.3, 0.4) is 0 Å². The first-order valence-electron chi connectivity index (χ1n) is 8.18. The number of carbonyl (C=O) groups is 2. The van der Waals surface area contributed by atoms with Crippen LogP contribution in [-0.4, -0.2) is 28.5 Å². The van der Waals surface area contributed by atoms with Crippen LogP contribution in [-0.2, 0) is 22.3 Å². The zero-order chi connectivity index (χ0) is 19.6. The predicted octanol–water partition coefficient (Wildman–Crippen LogP) is 3.58. The topological polar surface area (TPSA) is 62.6 Å². The van der Waals surface area contributed by atoms with Crippen LogP contribution in [0.5, 0.6) is 0 Å². The van der Waals surface area contributed by atoms with E-state index in [9.17, 15) is 22.8 Å². The van der Waals surface area contributed by atoms with Crippen LogP contribution in [0.1, 0.15) is 29.2 Å². The molecular formula is C18H17F3N2O3S. The third-order valence-corrected chi connectivity index (χ3v) is 5.52. The molecule has 1 aromatic carbocycles. The Kier molecular flexibility index (Phi) is 5.50. The van der Waals surface area contributed by atoms with Crippen LogP contribution in [0.4, 0.5) is 13.2 Å². The summed E-state index contributed by atoms with van der Waals surface area (Å²) in [5.41, 5.74) is -0.208. The number of hydrogen-bond acceptors (Lipinski definition) is 4. The van der Waals surface area contributed by atoms with Crippen molar-refractivity contribution >= 4 is 23.6 Å². The zero-order valence-corrected chi connectivity index (χ0v) is 15.1. The molecule has 0 saturated carbocycles. The van der Waals surface area contributed by atoms with Gasteiger partial charge in [0.05, 0.1) is 23.6 Å². The summed E-state index contributed by atoms with van der Waals surface area (Å²) in [7, 11) is 0. The van der Waals surface area contributed by atoms with Crippen molar-refractivity contribution in [1.82, 2.24) is 10.2 Å². The van der Waals surface area contributed by atoms with Gasteiger partial charge in [-0.05, 0) is 36.8 Å². The first-order chi connectivity index (χ1) is 12.8. The van der Waals surface area contributed by atoms with Gasteiger partial charge in [-0.3, -0.25) is 9.59 Å². The average molecular weight is 398 g/mol. The molecule has 1 aliphatic heterocycles. The monoisotopic (exact) mass is 398 g/mol. The Morgan fingerprint density at radius 1 is 1.26 bits per heavy atom. The number of thioether (sulfide) groups is 1. The third-order valence-electron chi connectivity index (χ3n) is 4.12. The van der Waals surface area contributed by atoms with E-state index in [-0.39, 0.29) is 30.2 Å². The van der Waals surface area contributed by atoms with Crippen molar-refractivity contribution in [1.29, 1.82) is 0 Å². The van der Waals surface area contributed by atoms with Gasteiger partial charge >= 0.3 is 6.18 Å². The van der Waals surface area contributed by atoms with Gasteiger partial charge in [0.25, 0.3) is 0 Å². The molecule has 5 nitrogen and oxygen atoms in total. The van der Waals surface area contributed by atoms with E-state index in [0.717, 1.165) is 12.1 Å². The molecule has 0 radical (unpaired) electrons. The lowest BCUT2D eigenvalue weighted by Crippen LogP contribution is -2.40. The summed E-state index contributed by atoms with van der Waals surface area (Å²) >= 11 is 1.30. The Bertz CT molecular complexity index is 806. The fourth-order valence-corrected chi connectivity index (χ4v) is 4.02. The van der Waals surface area contributed by atoms with Gasteiger partial charge in [-0.2, -0.15) is 13.2 Å². The van der Waals surface area contributed by atoms with Crippen LogP contribution in [0, 0.1) is 0 Å². The molecule has 0 spiro atoms. The smallest absolute Gasteiger partial charge is 0.416 e. The molecule has 1 aliphatic rings. The highest BCUT2D eigenvalue weighted by Gasteiger charge is 2.40. The summed E-state index contributed by atoms with van der Waals surface area (Å²) in [6, 6.07) is 8.07. The Hall–Kier alpha value is -2.42. The highest BCUT2D eigenvalue weighted by Crippen LogP contribution is 2.43. The minimum Gasteiger partial charge on any atom is -0.467 e. The van der Waals surface area contributed by atoms with E-state index in [4.69, 9.17) is 4.42 Å². The molecule has 2 aromatic rings. The van der Waals surface area contributed by atoms with E-state index in [1.807, 2.05) is 0 Å². The number of hydrogen-bond donors (Lipinski definition) is 1. The largest absolute Gasteiger partial charge is 0.467 e. The summed E-state index contributed by atoms with van der Waals surface area (Å²) in [6.45, 7) is 1.73. The van der Waals surface area contributed by atoms with Crippen molar-refractivity contribution < 1.29 is 27.2 Å². The molecule has 2 heterocycles. The molecule has 0 bridgehead atoms. The van der Waals surface area contributed by atoms with Crippen LogP contribution in [0.15, 0.2) is 47.1 Å². The number of benzene rings is 1. The minimum atomic E-state index is -4.42. The van der Waals surface area contributed by atoms with Crippen LogP contribution >= 0.6 is 11.8 Å². The van der Waals surface area contributed by atoms with Crippen molar-refractivity contribution in [3.63, 3.8) is 0 Å². The fraction of sp³-hybridized carbons (Fsp3) is 0.333. The van der Waals surface area contributed by atoms with Crippen molar-refractivity contribution in [2.45, 2.75) is 30.3 Å². The molecule has 0 unspecified atom stereocenters. The van der Waals surface area contributed by atoms with Crippen LogP contribution in [0.2, 0.25) is 0 Å². The molecular weight excluding hydrogens is 381 g/mol. The highest BCUT2D eigenvalue weighted by molar-refractivity contribution is 8.01. The van der Waals surface area contributed by atoms with Gasteiger partial charge in [0.2, 0.25) is 11.8 Å². The van der Waals surface area contributed by atoms with E-state index in [2.05, 4.69) is 5.32 Å². The first-order valence-corrected chi connectivity index (χ1v) is 9.12. The summed E-state index contributed by atoms with van der Waals surface area (Å²) in [6.07, 6.45) is -2.93. The van der Waals surface area contributed by atoms with Gasteiger partial charge in [0, 0.05) is 0 Å². The molecule has 3 rings (SSSR count). The van der Waals surface area contributed by atoms with E-state index in [1.165, 1.54) is 35.1 Å². The van der Waals surface area contributed by atoms with Crippen molar-refractivity contribution in [3.8, 4) is 0 Å². The molecule has 144 valence electrons. The van der Waals surface area contributed by atoms with Gasteiger partial charge in [-0.15, -0.1) is 11.8 Å². The maximum Gasteiger partial charge on any atom is 0.416 e. The zero-order valence-electron chi connectivity index (χ0n) is 14.3. The van der Waals surface area contributed by atoms with E-state index in [1.54, 1.807) is 19.1 Å². The summed E-state index contributed by atoms with van der Waals surface area (Å²) in [5, 5.41) is 1.77. The van der Waals surface area contributed by atoms with Crippen molar-refractivity contribution in [2.75, 3.05) is 6.54 Å². The number of nitrogens with zero attached hydrogens (tertiary/aromatic N) is 1. The number of halogens is 3. The molecule has 27 heavy (non-hydrogen) atoms. The number of alkyl halides is 3. The van der Waals surface area contributed by atoms with E-state index >= 15 is 0 Å². The SMILES string of the molecule is C[C@H]1S[C@H](c2ccc(C(F)(F)F)cc2)N(CC(=O)NCc2ccco2)C1=O. The van der Waals surface area contributed by atoms with Gasteiger partial charge in [0.15, 0.2) is 0 Å². The second kappa shape index (κ2) is 7.67. The maximum atomic E-state index is 12.7. The summed E-state index contributed by atoms with van der Waals surface area (Å²) in [5.74, 6) is -0.0115. The van der Waals surface area contributed by atoms with Crippen molar-refractivity contribution in [2.24, 2.45) is 0 Å². The van der Waals surface area contributed by atoms with Crippen LogP contribution < -0.4 is 5.32 Å². The Balaban J connectivity index is 1.70. The standard InChI is InChI=1S/C18H17F3N2O3S/c1-11-16(25)23(10-15(24)22-9-14-3-2-8-26-14)17(27-11)12-4-6-13(7-5-12)18(19,20)21/h2-8,11,17H,9-10H2,1H3,(H,22,24)/t11-,17-/m1/s1. The lowest BCUT2D eigenvalue weighted by Gasteiger charge is -2.24. The molecule has 0 aliphatic carbocycles. The van der Waals surface area contributed by atoms with Crippen LogP contribution in [0.25, 0.3) is 0 Å². The van der Waals surface area contributed by atoms with E-state index < -0.39 is 17.1 Å². The second-order valence-corrected chi connectivity index (χ2v) is 7.50. The predicted molar refractivity (Wildman–Crippen MR) is 93.5 cm³/mol. The number of rotatable bonds is 5. The van der Waals surface area contributed by atoms with Gasteiger partial charge < -0.3 is 14.6 Å². The quantitative estimate of drug-likeness (QED) is 0.836. The Morgan fingerprint density at radius 3 is 2.56 bits per heavy atom. The Labute approximate surface area is 157 Å². The molecule has 2 atom stereocenters. The lowest BCUT2D eigenvalue weighted by molar-refractivity contribution is -0.137. The maximum absolute atomic E-state index is 12.7. The normalized spacial score (nSPS) is 20.1. The summed E-state index contributed by atoms with van der Waals surface area (Å²) in [4.78, 5) is 26.0. The lowest BCUT2D eigenvalue weighted by atomic mass is 10.1. The molecule has 2 amide bonds. The molecule has 1 aromatic heterocycles. The van der Waals surface area contributed by atoms with Gasteiger partial charge in [-0.25, -0.2) is 0 Å². The average Bonchev–Trinajstić information content (AvgIpc) is 3.23. The molecule has 1 fully saturated rings. The number of nitrogens with one attached hydrogen (secondary N) is 1. The third kappa shape index (κ3) is 4.47. The Morgan fingerprint density at radius 2 is 1.96 bits per heavy atom. The molecule has 1 saturated heterocycles. The number of amides is 2. The number of furan rings is 1. The number of carbonyl (C=O) groups excluding carboxylic acids is 2. The van der Waals surface area contributed by atoms with Crippen molar-refractivity contribution in [3.05, 3.63) is 59.5 Å². The highest BCUT2D eigenvalue weighted by atomic mass is 32.2. The van der Waals surface area contributed by atoms with Gasteiger partial charge in [-0.1, -0.05) is 12.1 Å². The van der Waals surface area contributed by atoms with Gasteiger partial charge in [0.1, 0.15) is 17.7 Å². The first kappa shape index (κ1) is 19.3. The molecule has 9 heteroatoms. The minimum absolute atomic E-state index is 0.178.